The Labute approximate surface area is 206 Å². The van der Waals surface area contributed by atoms with Crippen molar-refractivity contribution < 1.29 is 17.2 Å². The molecule has 186 valence electrons. The van der Waals surface area contributed by atoms with Crippen LogP contribution in [0.25, 0.3) is 22.0 Å². The Balaban J connectivity index is 1.44. The summed E-state index contributed by atoms with van der Waals surface area (Å²) in [5, 5.41) is 3.98. The molecule has 4 heterocycles. The van der Waals surface area contributed by atoms with E-state index >= 15 is 0 Å². The van der Waals surface area contributed by atoms with E-state index in [1.165, 1.54) is 22.8 Å². The number of anilines is 2. The number of benzene rings is 1. The van der Waals surface area contributed by atoms with Crippen molar-refractivity contribution in [2.75, 3.05) is 24.7 Å². The third-order valence-corrected chi connectivity index (χ3v) is 7.72. The average molecular weight is 512 g/mol. The Hall–Kier alpha value is -3.70. The predicted octanol–water partition coefficient (Wildman–Crippen LogP) is 4.15. The Morgan fingerprint density at radius 3 is 2.42 bits per heavy atom. The highest BCUT2D eigenvalue weighted by Crippen LogP contribution is 2.32. The van der Waals surface area contributed by atoms with Crippen LogP contribution in [0.1, 0.15) is 24.3 Å². The van der Waals surface area contributed by atoms with Crippen LogP contribution in [-0.4, -0.2) is 47.0 Å². The molecule has 0 amide bonds. The number of nitrogens with one attached hydrogen (secondary N) is 2. The van der Waals surface area contributed by atoms with Crippen LogP contribution in [0, 0.1) is 11.9 Å². The zero-order valence-corrected chi connectivity index (χ0v) is 20.1. The second-order valence-corrected chi connectivity index (χ2v) is 10.8. The summed E-state index contributed by atoms with van der Waals surface area (Å²) in [6.45, 7) is 0.980. The Bertz CT molecular complexity index is 1600. The van der Waals surface area contributed by atoms with Gasteiger partial charge in [-0.15, -0.1) is 0 Å². The SMILES string of the molecule is CS(=O)(=O)N1CCC(c2ccc(Nc3nc(-c4ccc(F)nc4F)cc4cc[nH]c(=O)c34)cc2)CC1. The van der Waals surface area contributed by atoms with E-state index in [4.69, 9.17) is 0 Å². The van der Waals surface area contributed by atoms with Gasteiger partial charge in [-0.1, -0.05) is 12.1 Å². The number of H-pyrrole nitrogens is 1. The van der Waals surface area contributed by atoms with Crippen molar-refractivity contribution in [3.8, 4) is 11.3 Å². The minimum Gasteiger partial charge on any atom is -0.340 e. The minimum absolute atomic E-state index is 0.0115. The second-order valence-electron chi connectivity index (χ2n) is 8.78. The molecule has 0 unspecified atom stereocenters. The number of rotatable bonds is 5. The molecule has 0 radical (unpaired) electrons. The maximum Gasteiger partial charge on any atom is 0.259 e. The monoisotopic (exact) mass is 511 g/mol. The first-order valence-electron chi connectivity index (χ1n) is 11.4. The lowest BCUT2D eigenvalue weighted by Crippen LogP contribution is -2.37. The first kappa shape index (κ1) is 24.0. The number of halogens is 2. The van der Waals surface area contributed by atoms with E-state index in [9.17, 15) is 22.0 Å². The van der Waals surface area contributed by atoms with Gasteiger partial charge < -0.3 is 10.3 Å². The number of nitrogens with zero attached hydrogens (tertiary/aromatic N) is 3. The molecule has 0 saturated carbocycles. The molecule has 4 aromatic rings. The normalized spacial score (nSPS) is 15.3. The van der Waals surface area contributed by atoms with Gasteiger partial charge in [-0.05, 0) is 66.1 Å². The first-order valence-corrected chi connectivity index (χ1v) is 13.2. The third-order valence-electron chi connectivity index (χ3n) is 6.41. The number of pyridine rings is 3. The van der Waals surface area contributed by atoms with Gasteiger partial charge in [-0.25, -0.2) is 17.7 Å². The van der Waals surface area contributed by atoms with Crippen molar-refractivity contribution in [3.05, 3.63) is 82.5 Å². The summed E-state index contributed by atoms with van der Waals surface area (Å²) in [7, 11) is -3.18. The van der Waals surface area contributed by atoms with Gasteiger partial charge in [0.05, 0.1) is 22.9 Å². The lowest BCUT2D eigenvalue weighted by molar-refractivity contribution is 0.321. The molecule has 5 rings (SSSR count). The van der Waals surface area contributed by atoms with Crippen LogP contribution < -0.4 is 10.9 Å². The highest BCUT2D eigenvalue weighted by molar-refractivity contribution is 7.88. The lowest BCUT2D eigenvalue weighted by Gasteiger charge is -2.30. The molecule has 0 aliphatic carbocycles. The van der Waals surface area contributed by atoms with Crippen molar-refractivity contribution in [1.29, 1.82) is 0 Å². The largest absolute Gasteiger partial charge is 0.340 e. The van der Waals surface area contributed by atoms with E-state index in [1.54, 1.807) is 12.1 Å². The molecule has 0 atom stereocenters. The van der Waals surface area contributed by atoms with Gasteiger partial charge in [0, 0.05) is 25.0 Å². The van der Waals surface area contributed by atoms with Crippen LogP contribution >= 0.6 is 0 Å². The van der Waals surface area contributed by atoms with Crippen LogP contribution in [0.5, 0.6) is 0 Å². The van der Waals surface area contributed by atoms with Crippen LogP contribution in [0.2, 0.25) is 0 Å². The smallest absolute Gasteiger partial charge is 0.259 e. The maximum absolute atomic E-state index is 14.4. The highest BCUT2D eigenvalue weighted by Gasteiger charge is 2.25. The molecule has 2 N–H and O–H groups in total. The zero-order valence-electron chi connectivity index (χ0n) is 19.3. The van der Waals surface area contributed by atoms with Gasteiger partial charge in [0.1, 0.15) is 5.82 Å². The van der Waals surface area contributed by atoms with Gasteiger partial charge in [0.25, 0.3) is 5.56 Å². The van der Waals surface area contributed by atoms with Gasteiger partial charge in [0.15, 0.2) is 0 Å². The molecular weight excluding hydrogens is 488 g/mol. The van der Waals surface area contributed by atoms with E-state index in [-0.39, 0.29) is 28.6 Å². The number of aromatic amines is 1. The van der Waals surface area contributed by atoms with Crippen molar-refractivity contribution in [2.24, 2.45) is 0 Å². The van der Waals surface area contributed by atoms with Gasteiger partial charge >= 0.3 is 0 Å². The van der Waals surface area contributed by atoms with Crippen LogP contribution in [0.15, 0.2) is 59.5 Å². The molecular formula is C25H23F2N5O3S. The van der Waals surface area contributed by atoms with E-state index in [1.807, 2.05) is 24.3 Å². The van der Waals surface area contributed by atoms with Crippen molar-refractivity contribution in [1.82, 2.24) is 19.3 Å². The topological polar surface area (TPSA) is 108 Å². The fraction of sp³-hybridized carbons (Fsp3) is 0.240. The molecule has 1 fully saturated rings. The maximum atomic E-state index is 14.4. The summed E-state index contributed by atoms with van der Waals surface area (Å²) in [6, 6.07) is 13.2. The lowest BCUT2D eigenvalue weighted by atomic mass is 9.90. The average Bonchev–Trinajstić information content (AvgIpc) is 2.84. The van der Waals surface area contributed by atoms with Crippen LogP contribution in [0.4, 0.5) is 20.3 Å². The third kappa shape index (κ3) is 4.84. The molecule has 1 saturated heterocycles. The van der Waals surface area contributed by atoms with Crippen molar-refractivity contribution >= 4 is 32.3 Å². The number of piperidine rings is 1. The number of aromatic nitrogens is 3. The van der Waals surface area contributed by atoms with Crippen LogP contribution in [-0.2, 0) is 10.0 Å². The number of hydrogen-bond acceptors (Lipinski definition) is 6. The number of hydrogen-bond donors (Lipinski definition) is 2. The molecule has 0 spiro atoms. The second kappa shape index (κ2) is 9.40. The molecule has 1 aliphatic heterocycles. The Morgan fingerprint density at radius 2 is 1.75 bits per heavy atom. The summed E-state index contributed by atoms with van der Waals surface area (Å²) >= 11 is 0. The summed E-state index contributed by atoms with van der Waals surface area (Å²) in [6.07, 6.45) is 4.19. The summed E-state index contributed by atoms with van der Waals surface area (Å²) in [5.74, 6) is -1.46. The molecule has 8 nitrogen and oxygen atoms in total. The fourth-order valence-electron chi connectivity index (χ4n) is 4.54. The quantitative estimate of drug-likeness (QED) is 0.390. The van der Waals surface area contributed by atoms with E-state index in [2.05, 4.69) is 20.3 Å². The molecule has 3 aromatic heterocycles. The van der Waals surface area contributed by atoms with E-state index < -0.39 is 21.9 Å². The van der Waals surface area contributed by atoms with Gasteiger partial charge in [0.2, 0.25) is 21.9 Å². The molecule has 0 bridgehead atoms. The van der Waals surface area contributed by atoms with Crippen molar-refractivity contribution in [3.63, 3.8) is 0 Å². The van der Waals surface area contributed by atoms with Crippen molar-refractivity contribution in [2.45, 2.75) is 18.8 Å². The molecule has 36 heavy (non-hydrogen) atoms. The fourth-order valence-corrected chi connectivity index (χ4v) is 5.42. The van der Waals surface area contributed by atoms with Crippen LogP contribution in [0.3, 0.4) is 0 Å². The zero-order chi connectivity index (χ0) is 25.4. The highest BCUT2D eigenvalue weighted by atomic mass is 32.2. The Morgan fingerprint density at radius 1 is 1.03 bits per heavy atom. The first-order chi connectivity index (χ1) is 17.2. The summed E-state index contributed by atoms with van der Waals surface area (Å²) in [5.41, 5.74) is 1.62. The van der Waals surface area contributed by atoms with Gasteiger partial charge in [-0.3, -0.25) is 4.79 Å². The Kier molecular flexibility index (Phi) is 6.27. The minimum atomic E-state index is -3.18. The predicted molar refractivity (Wildman–Crippen MR) is 134 cm³/mol. The number of sulfonamides is 1. The molecule has 1 aromatic carbocycles. The molecule has 11 heteroatoms. The number of fused-ring (bicyclic) bond motifs is 1. The van der Waals surface area contributed by atoms with E-state index in [0.29, 0.717) is 29.5 Å². The molecule has 1 aliphatic rings. The van der Waals surface area contributed by atoms with Gasteiger partial charge in [-0.2, -0.15) is 13.8 Å². The summed E-state index contributed by atoms with van der Waals surface area (Å²) < 4.78 is 52.7. The summed E-state index contributed by atoms with van der Waals surface area (Å²) in [4.78, 5) is 22.9. The standard InChI is InChI=1S/C25H23F2N5O3S/c1-36(34,35)32-12-9-16(10-13-32)15-2-4-18(5-3-15)29-24-22-17(8-11-28-25(22)33)14-20(30-24)19-6-7-21(26)31-23(19)27/h2-8,11,14,16H,9-10,12-13H2,1H3,(H,28,33)(H,29,30). The van der Waals surface area contributed by atoms with E-state index in [0.717, 1.165) is 24.5 Å².